The Hall–Kier alpha value is -2.28. The molecule has 0 unspecified atom stereocenters. The van der Waals surface area contributed by atoms with Crippen LogP contribution < -0.4 is 4.90 Å². The predicted octanol–water partition coefficient (Wildman–Crippen LogP) is 2.95. The molecule has 3 amide bonds. The van der Waals surface area contributed by atoms with Crippen molar-refractivity contribution >= 4 is 40.6 Å². The average Bonchev–Trinajstić information content (AvgIpc) is 3.42. The molecule has 1 aromatic carbocycles. The van der Waals surface area contributed by atoms with E-state index in [4.69, 9.17) is 0 Å². The van der Waals surface area contributed by atoms with Gasteiger partial charge in [0.05, 0.1) is 4.91 Å². The number of imide groups is 1. The third kappa shape index (κ3) is 3.88. The topological polar surface area (TPSA) is 60.9 Å². The molecule has 0 bridgehead atoms. The molecule has 0 aromatic heterocycles. The molecular formula is C20H23N3O3S. The molecule has 6 nitrogen and oxygen atoms in total. The van der Waals surface area contributed by atoms with Crippen LogP contribution in [0.2, 0.25) is 0 Å². The van der Waals surface area contributed by atoms with Crippen LogP contribution in [-0.4, -0.2) is 59.6 Å². The number of hydrogen-bond donors (Lipinski definition) is 0. The van der Waals surface area contributed by atoms with E-state index in [2.05, 4.69) is 17.0 Å². The van der Waals surface area contributed by atoms with Crippen LogP contribution >= 0.6 is 11.8 Å². The van der Waals surface area contributed by atoms with Crippen molar-refractivity contribution in [2.45, 2.75) is 25.7 Å². The summed E-state index contributed by atoms with van der Waals surface area (Å²) in [6, 6.07) is 8.05. The lowest BCUT2D eigenvalue weighted by molar-refractivity contribution is -0.135. The maximum absolute atomic E-state index is 12.6. The van der Waals surface area contributed by atoms with Crippen LogP contribution in [0.5, 0.6) is 0 Å². The molecule has 3 aliphatic rings. The van der Waals surface area contributed by atoms with Gasteiger partial charge in [0.1, 0.15) is 6.54 Å². The highest BCUT2D eigenvalue weighted by atomic mass is 32.2. The van der Waals surface area contributed by atoms with Crippen LogP contribution in [0, 0.1) is 0 Å². The molecular weight excluding hydrogens is 362 g/mol. The van der Waals surface area contributed by atoms with Gasteiger partial charge in [0.15, 0.2) is 0 Å². The molecule has 0 spiro atoms. The number of anilines is 1. The van der Waals surface area contributed by atoms with Crippen LogP contribution in [0.4, 0.5) is 10.5 Å². The quantitative estimate of drug-likeness (QED) is 0.746. The van der Waals surface area contributed by atoms with Crippen molar-refractivity contribution < 1.29 is 14.4 Å². The van der Waals surface area contributed by atoms with E-state index < -0.39 is 0 Å². The van der Waals surface area contributed by atoms with Crippen LogP contribution in [0.15, 0.2) is 29.2 Å². The zero-order valence-electron chi connectivity index (χ0n) is 15.2. The SMILES string of the molecule is O=C(CN1C(=O)S/C(=C\c2ccc(N3CCCC3)cc2)C1=O)N1CCCC1. The number of amides is 3. The van der Waals surface area contributed by atoms with Crippen LogP contribution in [0.3, 0.4) is 0 Å². The van der Waals surface area contributed by atoms with E-state index in [9.17, 15) is 14.4 Å². The number of carbonyl (C=O) groups excluding carboxylic acids is 3. The fraction of sp³-hybridized carbons (Fsp3) is 0.450. The van der Waals surface area contributed by atoms with E-state index >= 15 is 0 Å². The van der Waals surface area contributed by atoms with E-state index in [1.165, 1.54) is 18.5 Å². The summed E-state index contributed by atoms with van der Waals surface area (Å²) < 4.78 is 0. The second kappa shape index (κ2) is 7.76. The Balaban J connectivity index is 1.43. The minimum atomic E-state index is -0.374. The molecule has 0 N–H and O–H groups in total. The number of carbonyl (C=O) groups is 3. The fourth-order valence-corrected chi connectivity index (χ4v) is 4.58. The molecule has 0 radical (unpaired) electrons. The Morgan fingerprint density at radius 2 is 1.59 bits per heavy atom. The van der Waals surface area contributed by atoms with E-state index in [0.29, 0.717) is 18.0 Å². The molecule has 142 valence electrons. The molecule has 3 aliphatic heterocycles. The number of likely N-dealkylation sites (tertiary alicyclic amines) is 1. The van der Waals surface area contributed by atoms with E-state index in [0.717, 1.165) is 48.2 Å². The molecule has 1 aromatic rings. The average molecular weight is 385 g/mol. The maximum Gasteiger partial charge on any atom is 0.294 e. The lowest BCUT2D eigenvalue weighted by atomic mass is 10.2. The smallest absolute Gasteiger partial charge is 0.294 e. The van der Waals surface area contributed by atoms with E-state index in [-0.39, 0.29) is 23.6 Å². The molecule has 27 heavy (non-hydrogen) atoms. The summed E-state index contributed by atoms with van der Waals surface area (Å²) in [5.74, 6) is -0.521. The summed E-state index contributed by atoms with van der Waals surface area (Å²) in [6.45, 7) is 3.45. The van der Waals surface area contributed by atoms with Gasteiger partial charge in [0, 0.05) is 31.9 Å². The molecule has 3 saturated heterocycles. The minimum Gasteiger partial charge on any atom is -0.372 e. The highest BCUT2D eigenvalue weighted by Gasteiger charge is 2.37. The Kier molecular flexibility index (Phi) is 5.20. The van der Waals surface area contributed by atoms with Crippen molar-refractivity contribution in [1.82, 2.24) is 9.80 Å². The Morgan fingerprint density at radius 1 is 0.963 bits per heavy atom. The molecule has 4 rings (SSSR count). The van der Waals surface area contributed by atoms with Gasteiger partial charge >= 0.3 is 0 Å². The van der Waals surface area contributed by atoms with Gasteiger partial charge in [-0.2, -0.15) is 0 Å². The molecule has 0 atom stereocenters. The first-order valence-electron chi connectivity index (χ1n) is 9.50. The zero-order chi connectivity index (χ0) is 18.8. The summed E-state index contributed by atoms with van der Waals surface area (Å²) in [4.78, 5) is 42.6. The van der Waals surface area contributed by atoms with Gasteiger partial charge in [0.2, 0.25) is 5.91 Å². The van der Waals surface area contributed by atoms with Gasteiger partial charge in [-0.15, -0.1) is 0 Å². The van der Waals surface area contributed by atoms with Gasteiger partial charge in [-0.3, -0.25) is 19.3 Å². The van der Waals surface area contributed by atoms with Crippen LogP contribution in [-0.2, 0) is 9.59 Å². The highest BCUT2D eigenvalue weighted by molar-refractivity contribution is 8.18. The summed E-state index contributed by atoms with van der Waals surface area (Å²) >= 11 is 0.908. The number of rotatable bonds is 4. The molecule has 3 heterocycles. The number of benzene rings is 1. The van der Waals surface area contributed by atoms with Crippen molar-refractivity contribution in [2.75, 3.05) is 37.6 Å². The standard InChI is InChI=1S/C20H23N3O3S/c24-18(22-11-3-4-12-22)14-23-19(25)17(27-20(23)26)13-15-5-7-16(8-6-15)21-9-1-2-10-21/h5-8,13H,1-4,9-12,14H2/b17-13-. The third-order valence-corrected chi connectivity index (χ3v) is 6.20. The van der Waals surface area contributed by atoms with Crippen molar-refractivity contribution in [1.29, 1.82) is 0 Å². The van der Waals surface area contributed by atoms with Crippen molar-refractivity contribution in [3.63, 3.8) is 0 Å². The Labute approximate surface area is 163 Å². The summed E-state index contributed by atoms with van der Waals surface area (Å²) in [5.41, 5.74) is 2.07. The summed E-state index contributed by atoms with van der Waals surface area (Å²) in [5, 5.41) is -0.368. The van der Waals surface area contributed by atoms with Crippen LogP contribution in [0.25, 0.3) is 6.08 Å². The number of nitrogens with zero attached hydrogens (tertiary/aromatic N) is 3. The van der Waals surface area contributed by atoms with Gasteiger partial charge < -0.3 is 9.80 Å². The summed E-state index contributed by atoms with van der Waals surface area (Å²) in [7, 11) is 0. The number of hydrogen-bond acceptors (Lipinski definition) is 5. The first kappa shape index (κ1) is 18.1. The van der Waals surface area contributed by atoms with E-state index in [1.807, 2.05) is 12.1 Å². The van der Waals surface area contributed by atoms with Gasteiger partial charge in [-0.25, -0.2) is 0 Å². The fourth-order valence-electron chi connectivity index (χ4n) is 3.75. The van der Waals surface area contributed by atoms with Crippen molar-refractivity contribution in [2.24, 2.45) is 0 Å². The first-order chi connectivity index (χ1) is 13.1. The van der Waals surface area contributed by atoms with Gasteiger partial charge in [0.25, 0.3) is 11.1 Å². The monoisotopic (exact) mass is 385 g/mol. The second-order valence-electron chi connectivity index (χ2n) is 7.14. The van der Waals surface area contributed by atoms with Gasteiger partial charge in [-0.05, 0) is 61.2 Å². The minimum absolute atomic E-state index is 0.147. The Bertz CT molecular complexity index is 778. The Morgan fingerprint density at radius 3 is 2.26 bits per heavy atom. The normalized spacial score (nSPS) is 21.8. The lowest BCUT2D eigenvalue weighted by Gasteiger charge is -2.18. The molecule has 7 heteroatoms. The summed E-state index contributed by atoms with van der Waals surface area (Å²) in [6.07, 6.45) is 6.16. The maximum atomic E-state index is 12.6. The molecule has 0 saturated carbocycles. The predicted molar refractivity (Wildman–Crippen MR) is 106 cm³/mol. The highest BCUT2D eigenvalue weighted by Crippen LogP contribution is 2.32. The van der Waals surface area contributed by atoms with Crippen LogP contribution in [0.1, 0.15) is 31.2 Å². The number of thioether (sulfide) groups is 1. The van der Waals surface area contributed by atoms with Crippen molar-refractivity contribution in [3.8, 4) is 0 Å². The second-order valence-corrected chi connectivity index (χ2v) is 8.13. The largest absolute Gasteiger partial charge is 0.372 e. The molecule has 0 aliphatic carbocycles. The third-order valence-electron chi connectivity index (χ3n) is 5.29. The first-order valence-corrected chi connectivity index (χ1v) is 10.3. The zero-order valence-corrected chi connectivity index (χ0v) is 16.0. The van der Waals surface area contributed by atoms with E-state index in [1.54, 1.807) is 11.0 Å². The van der Waals surface area contributed by atoms with Gasteiger partial charge in [-0.1, -0.05) is 12.1 Å². The lowest BCUT2D eigenvalue weighted by Crippen LogP contribution is -2.40. The van der Waals surface area contributed by atoms with Crippen molar-refractivity contribution in [3.05, 3.63) is 34.7 Å². The molecule has 3 fully saturated rings.